The van der Waals surface area contributed by atoms with E-state index < -0.39 is 6.10 Å². The van der Waals surface area contributed by atoms with E-state index >= 15 is 0 Å². The standard InChI is InChI=1S/C6H12O2.C3H8O2/c1-2-8-6-4-3-5-7;1-3(5)2-4/h2,7H,1,3-6H2;3-5H,2H2,1H3. The van der Waals surface area contributed by atoms with Crippen LogP contribution in [0.2, 0.25) is 0 Å². The van der Waals surface area contributed by atoms with Gasteiger partial charge in [0.1, 0.15) is 0 Å². The summed E-state index contributed by atoms with van der Waals surface area (Å²) >= 11 is 0. The van der Waals surface area contributed by atoms with Crippen LogP contribution < -0.4 is 0 Å². The van der Waals surface area contributed by atoms with Crippen molar-refractivity contribution in [3.63, 3.8) is 0 Å². The van der Waals surface area contributed by atoms with Gasteiger partial charge < -0.3 is 20.1 Å². The van der Waals surface area contributed by atoms with E-state index in [1.54, 1.807) is 0 Å². The summed E-state index contributed by atoms with van der Waals surface area (Å²) in [6.07, 6.45) is 2.57. The van der Waals surface area contributed by atoms with Crippen LogP contribution in [0, 0.1) is 0 Å². The first-order chi connectivity index (χ1) is 6.18. The Bertz CT molecular complexity index is 93.6. The van der Waals surface area contributed by atoms with Crippen molar-refractivity contribution >= 4 is 0 Å². The Labute approximate surface area is 79.5 Å². The molecule has 0 radical (unpaired) electrons. The molecule has 0 bridgehead atoms. The Morgan fingerprint density at radius 1 is 1.38 bits per heavy atom. The van der Waals surface area contributed by atoms with Crippen LogP contribution in [0.5, 0.6) is 0 Å². The van der Waals surface area contributed by atoms with Crippen molar-refractivity contribution < 1.29 is 20.1 Å². The van der Waals surface area contributed by atoms with E-state index in [4.69, 9.17) is 20.1 Å². The Kier molecular flexibility index (Phi) is 16.0. The predicted molar refractivity (Wildman–Crippen MR) is 51.2 cm³/mol. The third kappa shape index (κ3) is 24.6. The minimum absolute atomic E-state index is 0.139. The molecule has 1 atom stereocenters. The topological polar surface area (TPSA) is 69.9 Å². The van der Waals surface area contributed by atoms with Gasteiger partial charge >= 0.3 is 0 Å². The number of hydrogen-bond acceptors (Lipinski definition) is 4. The van der Waals surface area contributed by atoms with Crippen LogP contribution in [0.15, 0.2) is 12.8 Å². The molecular weight excluding hydrogens is 172 g/mol. The lowest BCUT2D eigenvalue weighted by molar-refractivity contribution is 0.110. The summed E-state index contributed by atoms with van der Waals surface area (Å²) in [5.41, 5.74) is 0. The fraction of sp³-hybridized carbons (Fsp3) is 0.778. The van der Waals surface area contributed by atoms with Gasteiger partial charge in [-0.25, -0.2) is 0 Å². The molecule has 3 N–H and O–H groups in total. The Morgan fingerprint density at radius 3 is 2.23 bits per heavy atom. The van der Waals surface area contributed by atoms with Crippen LogP contribution >= 0.6 is 0 Å². The Hall–Kier alpha value is -0.580. The average molecular weight is 192 g/mol. The average Bonchev–Trinajstić information content (AvgIpc) is 2.14. The first kappa shape index (κ1) is 14.9. The van der Waals surface area contributed by atoms with E-state index in [2.05, 4.69) is 6.58 Å². The molecule has 4 heteroatoms. The molecular formula is C9H20O4. The number of unbranched alkanes of at least 4 members (excludes halogenated alkanes) is 1. The molecule has 0 aromatic rings. The number of aliphatic hydroxyl groups excluding tert-OH is 3. The lowest BCUT2D eigenvalue weighted by atomic mass is 10.3. The summed E-state index contributed by atoms with van der Waals surface area (Å²) in [6.45, 7) is 5.68. The minimum atomic E-state index is -0.560. The van der Waals surface area contributed by atoms with Gasteiger partial charge in [-0.05, 0) is 19.8 Å². The second-order valence-corrected chi connectivity index (χ2v) is 2.50. The zero-order chi connectivity index (χ0) is 10.5. The highest BCUT2D eigenvalue weighted by Crippen LogP contribution is 1.87. The van der Waals surface area contributed by atoms with E-state index in [1.165, 1.54) is 13.2 Å². The maximum atomic E-state index is 8.28. The Morgan fingerprint density at radius 2 is 1.92 bits per heavy atom. The first-order valence-corrected chi connectivity index (χ1v) is 4.31. The molecule has 0 aliphatic heterocycles. The van der Waals surface area contributed by atoms with Crippen LogP contribution in [-0.4, -0.2) is 41.2 Å². The summed E-state index contributed by atoms with van der Waals surface area (Å²) < 4.78 is 4.79. The maximum Gasteiger partial charge on any atom is 0.0873 e. The molecule has 0 heterocycles. The molecule has 0 fully saturated rings. The largest absolute Gasteiger partial charge is 0.502 e. The lowest BCUT2D eigenvalue weighted by Crippen LogP contribution is -2.03. The van der Waals surface area contributed by atoms with E-state index in [9.17, 15) is 0 Å². The number of aliphatic hydroxyl groups is 3. The van der Waals surface area contributed by atoms with Gasteiger partial charge in [-0.2, -0.15) is 0 Å². The molecule has 13 heavy (non-hydrogen) atoms. The van der Waals surface area contributed by atoms with E-state index in [-0.39, 0.29) is 13.2 Å². The quantitative estimate of drug-likeness (QED) is 0.417. The van der Waals surface area contributed by atoms with Crippen molar-refractivity contribution in [2.45, 2.75) is 25.9 Å². The van der Waals surface area contributed by atoms with E-state index in [1.807, 2.05) is 0 Å². The molecule has 80 valence electrons. The summed E-state index contributed by atoms with van der Waals surface area (Å²) in [4.78, 5) is 0. The molecule has 4 nitrogen and oxygen atoms in total. The summed E-state index contributed by atoms with van der Waals surface area (Å²) in [7, 11) is 0. The molecule has 0 aliphatic rings. The molecule has 0 aromatic carbocycles. The second-order valence-electron chi connectivity index (χ2n) is 2.50. The zero-order valence-corrected chi connectivity index (χ0v) is 8.15. The van der Waals surface area contributed by atoms with Gasteiger partial charge in [-0.15, -0.1) is 0 Å². The van der Waals surface area contributed by atoms with Crippen LogP contribution in [0.3, 0.4) is 0 Å². The van der Waals surface area contributed by atoms with Gasteiger partial charge in [0, 0.05) is 6.61 Å². The molecule has 1 unspecified atom stereocenters. The summed E-state index contributed by atoms with van der Waals surface area (Å²) in [5.74, 6) is 0. The molecule has 0 saturated heterocycles. The molecule has 0 amide bonds. The number of rotatable bonds is 6. The molecule has 0 aromatic heterocycles. The fourth-order valence-electron chi connectivity index (χ4n) is 0.381. The van der Waals surface area contributed by atoms with Crippen molar-refractivity contribution in [1.82, 2.24) is 0 Å². The maximum absolute atomic E-state index is 8.28. The van der Waals surface area contributed by atoms with Crippen LogP contribution in [-0.2, 0) is 4.74 Å². The van der Waals surface area contributed by atoms with Crippen molar-refractivity contribution in [1.29, 1.82) is 0 Å². The monoisotopic (exact) mass is 192 g/mol. The zero-order valence-electron chi connectivity index (χ0n) is 8.15. The van der Waals surface area contributed by atoms with Crippen molar-refractivity contribution in [2.75, 3.05) is 19.8 Å². The normalized spacial score (nSPS) is 11.1. The fourth-order valence-corrected chi connectivity index (χ4v) is 0.381. The van der Waals surface area contributed by atoms with E-state index in [0.717, 1.165) is 12.8 Å². The predicted octanol–water partition coefficient (Wildman–Crippen LogP) is 0.279. The van der Waals surface area contributed by atoms with Gasteiger partial charge in [0.2, 0.25) is 0 Å². The molecule has 0 aliphatic carbocycles. The highest BCUT2D eigenvalue weighted by Gasteiger charge is 1.83. The second kappa shape index (κ2) is 14.0. The van der Waals surface area contributed by atoms with Gasteiger partial charge in [-0.1, -0.05) is 6.58 Å². The highest BCUT2D eigenvalue weighted by atomic mass is 16.5. The lowest BCUT2D eigenvalue weighted by Gasteiger charge is -1.95. The van der Waals surface area contributed by atoms with Gasteiger partial charge in [-0.3, -0.25) is 0 Å². The third-order valence-corrected chi connectivity index (χ3v) is 1.05. The first-order valence-electron chi connectivity index (χ1n) is 4.31. The molecule has 0 saturated carbocycles. The van der Waals surface area contributed by atoms with Gasteiger partial charge in [0.05, 0.1) is 25.6 Å². The minimum Gasteiger partial charge on any atom is -0.502 e. The van der Waals surface area contributed by atoms with Crippen LogP contribution in [0.4, 0.5) is 0 Å². The summed E-state index contributed by atoms with van der Waals surface area (Å²) in [6, 6.07) is 0. The van der Waals surface area contributed by atoms with Gasteiger partial charge in [0.15, 0.2) is 0 Å². The van der Waals surface area contributed by atoms with Crippen LogP contribution in [0.1, 0.15) is 19.8 Å². The Balaban J connectivity index is 0. The smallest absolute Gasteiger partial charge is 0.0873 e. The highest BCUT2D eigenvalue weighted by molar-refractivity contribution is 4.48. The van der Waals surface area contributed by atoms with Crippen molar-refractivity contribution in [2.24, 2.45) is 0 Å². The molecule has 0 rings (SSSR count). The molecule has 0 spiro atoms. The van der Waals surface area contributed by atoms with Crippen molar-refractivity contribution in [3.8, 4) is 0 Å². The van der Waals surface area contributed by atoms with Crippen molar-refractivity contribution in [3.05, 3.63) is 12.8 Å². The number of hydrogen-bond donors (Lipinski definition) is 3. The van der Waals surface area contributed by atoms with Gasteiger partial charge in [0.25, 0.3) is 0 Å². The van der Waals surface area contributed by atoms with E-state index in [0.29, 0.717) is 6.61 Å². The SMILES string of the molecule is C=COCCCCO.CC(O)CO. The summed E-state index contributed by atoms with van der Waals surface area (Å²) in [5, 5.41) is 24.3. The van der Waals surface area contributed by atoms with Crippen LogP contribution in [0.25, 0.3) is 0 Å². The number of ether oxygens (including phenoxy) is 1. The third-order valence-electron chi connectivity index (χ3n) is 1.05.